The minimum atomic E-state index is 0.488. The molecule has 3 aromatic rings. The Morgan fingerprint density at radius 3 is 2.76 bits per heavy atom. The molecule has 0 unspecified atom stereocenters. The molecule has 0 aliphatic heterocycles. The number of hydrogen-bond acceptors (Lipinski definition) is 4. The van der Waals surface area contributed by atoms with E-state index in [1.807, 2.05) is 28.9 Å². The smallest absolute Gasteiger partial charge is 0.252 e. The maximum Gasteiger partial charge on any atom is 0.252 e. The van der Waals surface area contributed by atoms with Crippen molar-refractivity contribution in [3.8, 4) is 11.3 Å². The van der Waals surface area contributed by atoms with Gasteiger partial charge in [-0.25, -0.2) is 4.98 Å². The van der Waals surface area contributed by atoms with Crippen LogP contribution >= 0.6 is 0 Å². The Morgan fingerprint density at radius 2 is 1.95 bits per heavy atom. The monoisotopic (exact) mass is 279 g/mol. The van der Waals surface area contributed by atoms with E-state index in [0.717, 1.165) is 17.1 Å². The molecular weight excluding hydrogens is 262 g/mol. The number of pyridine rings is 1. The second-order valence-electron chi connectivity index (χ2n) is 5.59. The minimum Gasteiger partial charge on any atom is -0.264 e. The highest BCUT2D eigenvalue weighted by Crippen LogP contribution is 2.31. The first-order chi connectivity index (χ1) is 10.4. The molecule has 0 saturated heterocycles. The van der Waals surface area contributed by atoms with Gasteiger partial charge in [0.1, 0.15) is 0 Å². The Bertz CT molecular complexity index is 744. The van der Waals surface area contributed by atoms with E-state index in [2.05, 4.69) is 15.0 Å². The van der Waals surface area contributed by atoms with Crippen molar-refractivity contribution in [2.75, 3.05) is 0 Å². The molecule has 0 amide bonds. The fourth-order valence-corrected chi connectivity index (χ4v) is 3.08. The van der Waals surface area contributed by atoms with Crippen LogP contribution in [0.3, 0.4) is 0 Å². The number of aromatic nitrogens is 5. The third-order valence-electron chi connectivity index (χ3n) is 4.18. The molecule has 0 aromatic carbocycles. The lowest BCUT2D eigenvalue weighted by molar-refractivity contribution is 0.429. The van der Waals surface area contributed by atoms with Gasteiger partial charge < -0.3 is 0 Å². The van der Waals surface area contributed by atoms with Gasteiger partial charge in [-0.1, -0.05) is 19.3 Å². The van der Waals surface area contributed by atoms with Gasteiger partial charge in [-0.3, -0.25) is 4.98 Å². The molecule has 5 heteroatoms. The van der Waals surface area contributed by atoms with Crippen LogP contribution in [0.5, 0.6) is 0 Å². The van der Waals surface area contributed by atoms with Gasteiger partial charge in [-0.05, 0) is 31.0 Å². The van der Waals surface area contributed by atoms with Gasteiger partial charge in [-0.15, -0.1) is 5.10 Å². The molecule has 1 saturated carbocycles. The van der Waals surface area contributed by atoms with Crippen molar-refractivity contribution in [3.05, 3.63) is 42.6 Å². The Hall–Kier alpha value is -2.30. The maximum atomic E-state index is 4.73. The van der Waals surface area contributed by atoms with E-state index >= 15 is 0 Å². The van der Waals surface area contributed by atoms with E-state index in [4.69, 9.17) is 5.10 Å². The number of hydrogen-bond donors (Lipinski definition) is 0. The molecule has 1 fully saturated rings. The molecule has 5 nitrogen and oxygen atoms in total. The Balaban J connectivity index is 1.80. The van der Waals surface area contributed by atoms with Crippen molar-refractivity contribution in [3.63, 3.8) is 0 Å². The van der Waals surface area contributed by atoms with E-state index < -0.39 is 0 Å². The number of fused-ring (bicyclic) bond motifs is 1. The first kappa shape index (κ1) is 12.4. The topological polar surface area (TPSA) is 56.0 Å². The molecule has 0 radical (unpaired) electrons. The van der Waals surface area contributed by atoms with E-state index in [1.165, 1.54) is 32.1 Å². The predicted octanol–water partition coefficient (Wildman–Crippen LogP) is 3.23. The molecule has 3 heterocycles. The van der Waals surface area contributed by atoms with E-state index in [0.29, 0.717) is 11.7 Å². The molecule has 3 aromatic heterocycles. The predicted molar refractivity (Wildman–Crippen MR) is 79.8 cm³/mol. The van der Waals surface area contributed by atoms with Gasteiger partial charge in [0, 0.05) is 30.1 Å². The summed E-state index contributed by atoms with van der Waals surface area (Å²) in [5.74, 6) is 2.11. The SMILES string of the molecule is c1cncc(-c2ccnc3nc(C4CCCCC4)nn23)c1. The summed E-state index contributed by atoms with van der Waals surface area (Å²) in [5, 5.41) is 4.73. The molecule has 0 spiro atoms. The molecule has 1 aliphatic rings. The minimum absolute atomic E-state index is 0.488. The zero-order valence-corrected chi connectivity index (χ0v) is 11.8. The fourth-order valence-electron chi connectivity index (χ4n) is 3.08. The van der Waals surface area contributed by atoms with E-state index in [1.54, 1.807) is 12.4 Å². The summed E-state index contributed by atoms with van der Waals surface area (Å²) in [6.07, 6.45) is 11.7. The quantitative estimate of drug-likeness (QED) is 0.722. The normalized spacial score (nSPS) is 16.4. The van der Waals surface area contributed by atoms with E-state index in [-0.39, 0.29) is 0 Å². The Kier molecular flexibility index (Phi) is 3.10. The van der Waals surface area contributed by atoms with Gasteiger partial charge in [0.25, 0.3) is 5.78 Å². The molecule has 0 N–H and O–H groups in total. The standard InChI is InChI=1S/C16H17N5/c1-2-5-12(6-3-1)15-19-16-18-10-8-14(21(16)20-15)13-7-4-9-17-11-13/h4,7-12H,1-3,5-6H2. The Morgan fingerprint density at radius 1 is 1.05 bits per heavy atom. The molecule has 1 aliphatic carbocycles. The Labute approximate surface area is 123 Å². The first-order valence-corrected chi connectivity index (χ1v) is 7.54. The second kappa shape index (κ2) is 5.24. The highest BCUT2D eigenvalue weighted by molar-refractivity contribution is 5.59. The van der Waals surface area contributed by atoms with Crippen LogP contribution < -0.4 is 0 Å². The zero-order chi connectivity index (χ0) is 14.1. The lowest BCUT2D eigenvalue weighted by atomic mass is 9.89. The summed E-state index contributed by atoms with van der Waals surface area (Å²) in [7, 11) is 0. The van der Waals surface area contributed by atoms with E-state index in [9.17, 15) is 0 Å². The van der Waals surface area contributed by atoms with Crippen LogP contribution in [0.25, 0.3) is 17.0 Å². The van der Waals surface area contributed by atoms with Gasteiger partial charge in [0.15, 0.2) is 5.82 Å². The van der Waals surface area contributed by atoms with Crippen LogP contribution in [0.1, 0.15) is 43.8 Å². The summed E-state index contributed by atoms with van der Waals surface area (Å²) in [5.41, 5.74) is 2.02. The highest BCUT2D eigenvalue weighted by Gasteiger charge is 2.21. The largest absolute Gasteiger partial charge is 0.264 e. The molecule has 21 heavy (non-hydrogen) atoms. The van der Waals surface area contributed by atoms with Crippen molar-refractivity contribution >= 4 is 5.78 Å². The summed E-state index contributed by atoms with van der Waals surface area (Å²) in [4.78, 5) is 13.2. The van der Waals surface area contributed by atoms with Gasteiger partial charge in [0.2, 0.25) is 0 Å². The molecule has 106 valence electrons. The van der Waals surface area contributed by atoms with Crippen molar-refractivity contribution in [2.45, 2.75) is 38.0 Å². The summed E-state index contributed by atoms with van der Waals surface area (Å²) < 4.78 is 1.85. The number of rotatable bonds is 2. The maximum absolute atomic E-state index is 4.73. The van der Waals surface area contributed by atoms with Crippen LogP contribution in [0.15, 0.2) is 36.8 Å². The molecular formula is C16H17N5. The average Bonchev–Trinajstić information content (AvgIpc) is 3.00. The van der Waals surface area contributed by atoms with Crippen LogP contribution in [-0.4, -0.2) is 24.6 Å². The molecule has 4 rings (SSSR count). The van der Waals surface area contributed by atoms with Gasteiger partial charge in [-0.2, -0.15) is 9.50 Å². The summed E-state index contributed by atoms with van der Waals surface area (Å²) in [6, 6.07) is 5.92. The van der Waals surface area contributed by atoms with Crippen molar-refractivity contribution in [2.24, 2.45) is 0 Å². The second-order valence-corrected chi connectivity index (χ2v) is 5.59. The third-order valence-corrected chi connectivity index (χ3v) is 4.18. The third kappa shape index (κ3) is 2.28. The lowest BCUT2D eigenvalue weighted by Gasteiger charge is -2.17. The molecule has 0 bridgehead atoms. The summed E-state index contributed by atoms with van der Waals surface area (Å²) >= 11 is 0. The van der Waals surface area contributed by atoms with Crippen molar-refractivity contribution < 1.29 is 0 Å². The fraction of sp³-hybridized carbons (Fsp3) is 0.375. The van der Waals surface area contributed by atoms with Gasteiger partial charge >= 0.3 is 0 Å². The van der Waals surface area contributed by atoms with Gasteiger partial charge in [0.05, 0.1) is 5.69 Å². The lowest BCUT2D eigenvalue weighted by Crippen LogP contribution is -2.06. The number of nitrogens with zero attached hydrogens (tertiary/aromatic N) is 5. The molecule has 0 atom stereocenters. The summed E-state index contributed by atoms with van der Waals surface area (Å²) in [6.45, 7) is 0. The van der Waals surface area contributed by atoms with Crippen LogP contribution in [0, 0.1) is 0 Å². The van der Waals surface area contributed by atoms with Crippen molar-refractivity contribution in [1.29, 1.82) is 0 Å². The van der Waals surface area contributed by atoms with Crippen LogP contribution in [-0.2, 0) is 0 Å². The average molecular weight is 279 g/mol. The first-order valence-electron chi connectivity index (χ1n) is 7.54. The zero-order valence-electron chi connectivity index (χ0n) is 11.8. The highest BCUT2D eigenvalue weighted by atomic mass is 15.3. The van der Waals surface area contributed by atoms with Crippen LogP contribution in [0.4, 0.5) is 0 Å². The van der Waals surface area contributed by atoms with Crippen LogP contribution in [0.2, 0.25) is 0 Å². The van der Waals surface area contributed by atoms with Crippen molar-refractivity contribution in [1.82, 2.24) is 24.6 Å².